The Kier molecular flexibility index (Phi) is 5.74. The first-order valence-corrected chi connectivity index (χ1v) is 9.16. The Bertz CT molecular complexity index is 504. The molecule has 1 unspecified atom stereocenters. The van der Waals surface area contributed by atoms with Gasteiger partial charge in [-0.15, -0.1) is 4.72 Å². The maximum atomic E-state index is 12.6. The predicted molar refractivity (Wildman–Crippen MR) is 92.4 cm³/mol. The molecule has 0 bridgehead atoms. The van der Waals surface area contributed by atoms with E-state index in [0.717, 1.165) is 5.69 Å². The summed E-state index contributed by atoms with van der Waals surface area (Å²) in [4.78, 5) is 4.44. The van der Waals surface area contributed by atoms with Crippen molar-refractivity contribution in [2.24, 2.45) is 0 Å². The largest absolute Gasteiger partial charge is 0.598 e. The number of nitrogens with zero attached hydrogens (tertiary/aromatic N) is 1. The van der Waals surface area contributed by atoms with Crippen molar-refractivity contribution in [3.8, 4) is 0 Å². The lowest BCUT2D eigenvalue weighted by Crippen LogP contribution is -2.52. The number of nitrogens with one attached hydrogen (secondary N) is 1. The molecular formula is C17H28N2O3S. The first kappa shape index (κ1) is 18.7. The molecule has 1 aromatic heterocycles. The Morgan fingerprint density at radius 3 is 2.57 bits per heavy atom. The van der Waals surface area contributed by atoms with Crippen LogP contribution in [0.5, 0.6) is 0 Å². The highest BCUT2D eigenvalue weighted by Gasteiger charge is 2.43. The first-order valence-electron chi connectivity index (χ1n) is 8.01. The van der Waals surface area contributed by atoms with E-state index >= 15 is 0 Å². The Morgan fingerprint density at radius 1 is 1.39 bits per heavy atom. The fourth-order valence-electron chi connectivity index (χ4n) is 2.52. The monoisotopic (exact) mass is 340 g/mol. The summed E-state index contributed by atoms with van der Waals surface area (Å²) in [6.45, 7) is 12.2. The molecule has 0 amide bonds. The molecule has 2 heterocycles. The van der Waals surface area contributed by atoms with Gasteiger partial charge in [-0.25, -0.2) is 0 Å². The van der Waals surface area contributed by atoms with Crippen LogP contribution in [0.1, 0.15) is 53.2 Å². The molecule has 1 fully saturated rings. The van der Waals surface area contributed by atoms with Gasteiger partial charge in [-0.1, -0.05) is 13.0 Å². The zero-order valence-electron chi connectivity index (χ0n) is 14.8. The second-order valence-corrected chi connectivity index (χ2v) is 9.43. The van der Waals surface area contributed by atoms with Crippen LogP contribution >= 0.6 is 0 Å². The lowest BCUT2D eigenvalue weighted by atomic mass is 9.94. The SMILES string of the molecule is CC(c1ccccn1)[C@@H](N[S@+]([O-])C(C)(C)C)[C@@H]1COC(C)(C)O1. The quantitative estimate of drug-likeness (QED) is 0.835. The van der Waals surface area contributed by atoms with Gasteiger partial charge in [0.25, 0.3) is 0 Å². The highest BCUT2D eigenvalue weighted by Crippen LogP contribution is 2.31. The van der Waals surface area contributed by atoms with Crippen LogP contribution in [0.15, 0.2) is 24.4 Å². The van der Waals surface area contributed by atoms with Gasteiger partial charge in [-0.05, 0) is 46.8 Å². The van der Waals surface area contributed by atoms with E-state index in [0.29, 0.717) is 6.61 Å². The number of aromatic nitrogens is 1. The number of ether oxygens (including phenoxy) is 2. The summed E-state index contributed by atoms with van der Waals surface area (Å²) in [6, 6.07) is 5.70. The number of pyridine rings is 1. The molecule has 1 aromatic rings. The Hall–Kier alpha value is -0.660. The third-order valence-corrected chi connectivity index (χ3v) is 5.52. The Morgan fingerprint density at radius 2 is 2.09 bits per heavy atom. The summed E-state index contributed by atoms with van der Waals surface area (Å²) in [6.07, 6.45) is 1.60. The van der Waals surface area contributed by atoms with Crippen LogP contribution < -0.4 is 4.72 Å². The smallest absolute Gasteiger partial charge is 0.163 e. The van der Waals surface area contributed by atoms with Crippen molar-refractivity contribution in [3.05, 3.63) is 30.1 Å². The Balaban J connectivity index is 2.21. The fourth-order valence-corrected chi connectivity index (χ4v) is 3.48. The van der Waals surface area contributed by atoms with Crippen LogP contribution in [0.4, 0.5) is 0 Å². The number of hydrogen-bond donors (Lipinski definition) is 1. The second-order valence-electron chi connectivity index (χ2n) is 7.44. The molecule has 1 saturated heterocycles. The highest BCUT2D eigenvalue weighted by molar-refractivity contribution is 7.90. The van der Waals surface area contributed by atoms with Crippen molar-refractivity contribution in [3.63, 3.8) is 0 Å². The van der Waals surface area contributed by atoms with Crippen LogP contribution in [0.2, 0.25) is 0 Å². The maximum absolute atomic E-state index is 12.6. The van der Waals surface area contributed by atoms with Crippen molar-refractivity contribution in [1.29, 1.82) is 0 Å². The molecule has 6 heteroatoms. The predicted octanol–water partition coefficient (Wildman–Crippen LogP) is 2.76. The molecule has 1 aliphatic heterocycles. The summed E-state index contributed by atoms with van der Waals surface area (Å²) < 4.78 is 27.2. The van der Waals surface area contributed by atoms with Gasteiger partial charge in [0.15, 0.2) is 5.79 Å². The molecule has 5 nitrogen and oxygen atoms in total. The van der Waals surface area contributed by atoms with Gasteiger partial charge in [0.05, 0.1) is 12.6 Å². The third kappa shape index (κ3) is 4.90. The van der Waals surface area contributed by atoms with E-state index in [1.54, 1.807) is 6.20 Å². The summed E-state index contributed by atoms with van der Waals surface area (Å²) >= 11 is -1.20. The fraction of sp³-hybridized carbons (Fsp3) is 0.706. The van der Waals surface area contributed by atoms with E-state index < -0.39 is 17.1 Å². The van der Waals surface area contributed by atoms with Crippen molar-refractivity contribution >= 4 is 11.4 Å². The second kappa shape index (κ2) is 7.07. The molecule has 0 aliphatic carbocycles. The molecule has 2 rings (SSSR count). The van der Waals surface area contributed by atoms with Crippen molar-refractivity contribution in [2.75, 3.05) is 6.61 Å². The molecular weight excluding hydrogens is 312 g/mol. The van der Waals surface area contributed by atoms with E-state index in [9.17, 15) is 4.55 Å². The molecule has 4 atom stereocenters. The van der Waals surface area contributed by atoms with Crippen LogP contribution in [0, 0.1) is 0 Å². The molecule has 0 saturated carbocycles. The summed E-state index contributed by atoms with van der Waals surface area (Å²) in [5, 5.41) is 0. The standard InChI is InChI=1S/C17H28N2O3S/c1-12(13-9-7-8-10-18-13)15(19-23(20)16(2,3)4)14-11-21-17(5,6)22-14/h7-10,12,14-15,19H,11H2,1-6H3/t12?,14-,15+,23+/m0/s1. The molecule has 0 aromatic carbocycles. The average molecular weight is 340 g/mol. The van der Waals surface area contributed by atoms with Crippen molar-refractivity contribution in [1.82, 2.24) is 9.71 Å². The molecule has 1 N–H and O–H groups in total. The minimum Gasteiger partial charge on any atom is -0.598 e. The Labute approximate surface area is 142 Å². The van der Waals surface area contributed by atoms with Gasteiger partial charge >= 0.3 is 0 Å². The number of rotatable bonds is 5. The molecule has 0 spiro atoms. The van der Waals surface area contributed by atoms with E-state index in [-0.39, 0.29) is 22.8 Å². The van der Waals surface area contributed by atoms with Gasteiger partial charge in [-0.2, -0.15) is 0 Å². The van der Waals surface area contributed by atoms with Crippen molar-refractivity contribution in [2.45, 2.75) is 70.1 Å². The van der Waals surface area contributed by atoms with E-state index in [1.165, 1.54) is 0 Å². The van der Waals surface area contributed by atoms with Crippen LogP contribution in [-0.2, 0) is 20.8 Å². The van der Waals surface area contributed by atoms with Crippen LogP contribution in [0.3, 0.4) is 0 Å². The van der Waals surface area contributed by atoms with Crippen LogP contribution in [0.25, 0.3) is 0 Å². The average Bonchev–Trinajstić information content (AvgIpc) is 2.83. The van der Waals surface area contributed by atoms with Gasteiger partial charge in [0, 0.05) is 29.2 Å². The summed E-state index contributed by atoms with van der Waals surface area (Å²) in [5.41, 5.74) is 0.948. The lowest BCUT2D eigenvalue weighted by molar-refractivity contribution is -0.141. The molecule has 0 radical (unpaired) electrons. The molecule has 130 valence electrons. The normalized spacial score (nSPS) is 25.1. The molecule has 1 aliphatic rings. The van der Waals surface area contributed by atoms with Gasteiger partial charge in [0.2, 0.25) is 0 Å². The lowest BCUT2D eigenvalue weighted by Gasteiger charge is -2.33. The van der Waals surface area contributed by atoms with E-state index in [2.05, 4.69) is 16.6 Å². The van der Waals surface area contributed by atoms with Gasteiger partial charge in [0.1, 0.15) is 10.9 Å². The maximum Gasteiger partial charge on any atom is 0.163 e. The van der Waals surface area contributed by atoms with Crippen LogP contribution in [-0.4, -0.2) is 38.8 Å². The van der Waals surface area contributed by atoms with E-state index in [4.69, 9.17) is 9.47 Å². The summed E-state index contributed by atoms with van der Waals surface area (Å²) in [5.74, 6) is -0.567. The van der Waals surface area contributed by atoms with Gasteiger partial charge < -0.3 is 14.0 Å². The molecule has 23 heavy (non-hydrogen) atoms. The topological polar surface area (TPSA) is 66.4 Å². The zero-order valence-corrected chi connectivity index (χ0v) is 15.6. The number of hydrogen-bond acceptors (Lipinski definition) is 5. The third-order valence-electron chi connectivity index (χ3n) is 3.92. The zero-order chi connectivity index (χ0) is 17.3. The first-order chi connectivity index (χ1) is 10.6. The van der Waals surface area contributed by atoms with Crippen molar-refractivity contribution < 1.29 is 14.0 Å². The minimum atomic E-state index is -1.20. The summed E-state index contributed by atoms with van der Waals surface area (Å²) in [7, 11) is 0. The highest BCUT2D eigenvalue weighted by atomic mass is 32.2. The minimum absolute atomic E-state index is 0.0463. The van der Waals surface area contributed by atoms with E-state index in [1.807, 2.05) is 52.8 Å². The van der Waals surface area contributed by atoms with Gasteiger partial charge in [-0.3, -0.25) is 4.98 Å².